The van der Waals surface area contributed by atoms with Crippen LogP contribution in [0.3, 0.4) is 0 Å². The minimum atomic E-state index is -1.13. The molecular weight excluding hydrogens is 242 g/mol. The molecule has 0 aliphatic carbocycles. The van der Waals surface area contributed by atoms with Crippen molar-refractivity contribution in [3.63, 3.8) is 0 Å². The maximum absolute atomic E-state index is 11.7. The lowest BCUT2D eigenvalue weighted by atomic mass is 9.98. The summed E-state index contributed by atoms with van der Waals surface area (Å²) in [5, 5.41) is 8.48. The third-order valence-corrected chi connectivity index (χ3v) is 3.16. The number of amides is 1. The Labute approximate surface area is 113 Å². The van der Waals surface area contributed by atoms with Gasteiger partial charge in [0.1, 0.15) is 0 Å². The molecule has 1 amide bonds. The molecule has 4 heteroatoms. The molecule has 19 heavy (non-hydrogen) atoms. The second-order valence-corrected chi connectivity index (χ2v) is 4.47. The summed E-state index contributed by atoms with van der Waals surface area (Å²) in [6.07, 6.45) is 2.95. The molecule has 4 nitrogen and oxygen atoms in total. The lowest BCUT2D eigenvalue weighted by molar-refractivity contribution is -0.131. The van der Waals surface area contributed by atoms with E-state index in [4.69, 9.17) is 5.11 Å². The van der Waals surface area contributed by atoms with Gasteiger partial charge in [-0.05, 0) is 30.0 Å². The standard InChI is InChI=1S/C15H19NO3/c1-4-11(2)12-5-7-13(8-6-12)16(3)14(17)9-10-15(18)19/h5-11H,4H2,1-3H3,(H,18,19)/b10-9+. The van der Waals surface area contributed by atoms with E-state index in [9.17, 15) is 9.59 Å². The van der Waals surface area contributed by atoms with Crippen LogP contribution in [0.1, 0.15) is 31.7 Å². The highest BCUT2D eigenvalue weighted by atomic mass is 16.4. The van der Waals surface area contributed by atoms with Gasteiger partial charge >= 0.3 is 5.97 Å². The van der Waals surface area contributed by atoms with Crippen LogP contribution in [0.25, 0.3) is 0 Å². The molecule has 102 valence electrons. The zero-order valence-corrected chi connectivity index (χ0v) is 11.5. The van der Waals surface area contributed by atoms with Crippen molar-refractivity contribution in [3.8, 4) is 0 Å². The first-order valence-electron chi connectivity index (χ1n) is 6.24. The Balaban J connectivity index is 2.80. The van der Waals surface area contributed by atoms with Crippen LogP contribution in [-0.4, -0.2) is 24.0 Å². The molecule has 0 spiro atoms. The summed E-state index contributed by atoms with van der Waals surface area (Å²) in [6.45, 7) is 4.28. The largest absolute Gasteiger partial charge is 0.478 e. The van der Waals surface area contributed by atoms with Crippen LogP contribution in [0.15, 0.2) is 36.4 Å². The van der Waals surface area contributed by atoms with Crippen molar-refractivity contribution >= 4 is 17.6 Å². The summed E-state index contributed by atoms with van der Waals surface area (Å²) < 4.78 is 0. The maximum atomic E-state index is 11.7. The molecule has 1 rings (SSSR count). The second kappa shape index (κ2) is 6.73. The predicted octanol–water partition coefficient (Wildman–Crippen LogP) is 2.80. The molecule has 0 fully saturated rings. The lowest BCUT2D eigenvalue weighted by Crippen LogP contribution is -2.24. The predicted molar refractivity (Wildman–Crippen MR) is 75.3 cm³/mol. The summed E-state index contributed by atoms with van der Waals surface area (Å²) >= 11 is 0. The summed E-state index contributed by atoms with van der Waals surface area (Å²) in [4.78, 5) is 23.5. The lowest BCUT2D eigenvalue weighted by Gasteiger charge is -2.16. The van der Waals surface area contributed by atoms with Gasteiger partial charge in [0.15, 0.2) is 0 Å². The van der Waals surface area contributed by atoms with Crippen LogP contribution in [-0.2, 0) is 9.59 Å². The van der Waals surface area contributed by atoms with Gasteiger partial charge in [0, 0.05) is 24.9 Å². The van der Waals surface area contributed by atoms with Gasteiger partial charge < -0.3 is 10.0 Å². The zero-order chi connectivity index (χ0) is 14.4. The third kappa shape index (κ3) is 4.25. The van der Waals surface area contributed by atoms with Crippen molar-refractivity contribution in [1.82, 2.24) is 0 Å². The van der Waals surface area contributed by atoms with E-state index in [1.165, 1.54) is 10.5 Å². The molecule has 0 heterocycles. The number of likely N-dealkylation sites (N-methyl/N-ethyl adjacent to an activating group) is 1. The molecule has 1 aromatic carbocycles. The Hall–Kier alpha value is -2.10. The monoisotopic (exact) mass is 261 g/mol. The first-order chi connectivity index (χ1) is 8.95. The highest BCUT2D eigenvalue weighted by Crippen LogP contribution is 2.22. The van der Waals surface area contributed by atoms with E-state index in [2.05, 4.69) is 13.8 Å². The molecule has 1 atom stereocenters. The number of carboxylic acid groups (broad SMARTS) is 1. The number of carboxylic acids is 1. The van der Waals surface area contributed by atoms with E-state index < -0.39 is 5.97 Å². The topological polar surface area (TPSA) is 57.6 Å². The molecule has 1 aromatic rings. The van der Waals surface area contributed by atoms with E-state index >= 15 is 0 Å². The summed E-state index contributed by atoms with van der Waals surface area (Å²) in [5.41, 5.74) is 1.97. The van der Waals surface area contributed by atoms with Gasteiger partial charge in [0.05, 0.1) is 0 Å². The van der Waals surface area contributed by atoms with Gasteiger partial charge in [-0.2, -0.15) is 0 Å². The van der Waals surface area contributed by atoms with E-state index in [-0.39, 0.29) is 5.91 Å². The van der Waals surface area contributed by atoms with Gasteiger partial charge in [-0.1, -0.05) is 26.0 Å². The molecule has 0 aliphatic heterocycles. The van der Waals surface area contributed by atoms with E-state index in [0.29, 0.717) is 5.92 Å². The van der Waals surface area contributed by atoms with Gasteiger partial charge in [0.25, 0.3) is 5.91 Å². The fourth-order valence-electron chi connectivity index (χ4n) is 1.64. The van der Waals surface area contributed by atoms with Gasteiger partial charge in [-0.25, -0.2) is 4.79 Å². The number of nitrogens with zero attached hydrogens (tertiary/aromatic N) is 1. The van der Waals surface area contributed by atoms with Crippen molar-refractivity contribution in [3.05, 3.63) is 42.0 Å². The van der Waals surface area contributed by atoms with Crippen LogP contribution in [0.2, 0.25) is 0 Å². The van der Waals surface area contributed by atoms with Crippen LogP contribution in [0, 0.1) is 0 Å². The quantitative estimate of drug-likeness (QED) is 0.829. The normalized spacial score (nSPS) is 12.4. The first kappa shape index (κ1) is 15.0. The van der Waals surface area contributed by atoms with E-state index in [1.54, 1.807) is 7.05 Å². The van der Waals surface area contributed by atoms with Crippen LogP contribution < -0.4 is 4.90 Å². The van der Waals surface area contributed by atoms with Gasteiger partial charge in [-0.3, -0.25) is 4.79 Å². The zero-order valence-electron chi connectivity index (χ0n) is 11.5. The number of rotatable bonds is 5. The molecule has 1 unspecified atom stereocenters. The number of carbonyl (C=O) groups excluding carboxylic acids is 1. The summed E-state index contributed by atoms with van der Waals surface area (Å²) in [6, 6.07) is 7.73. The minimum Gasteiger partial charge on any atom is -0.478 e. The number of anilines is 1. The second-order valence-electron chi connectivity index (χ2n) is 4.47. The fraction of sp³-hybridized carbons (Fsp3) is 0.333. The number of benzene rings is 1. The Kier molecular flexibility index (Phi) is 5.30. The van der Waals surface area contributed by atoms with Crippen molar-refractivity contribution in [2.75, 3.05) is 11.9 Å². The molecule has 1 N–H and O–H groups in total. The Morgan fingerprint density at radius 2 is 1.84 bits per heavy atom. The molecule has 0 bridgehead atoms. The number of hydrogen-bond donors (Lipinski definition) is 1. The van der Waals surface area contributed by atoms with E-state index in [0.717, 1.165) is 24.3 Å². The molecular formula is C15H19NO3. The molecule has 0 radical (unpaired) electrons. The number of carbonyl (C=O) groups is 2. The van der Waals surface area contributed by atoms with Crippen molar-refractivity contribution in [2.45, 2.75) is 26.2 Å². The van der Waals surface area contributed by atoms with Crippen molar-refractivity contribution in [1.29, 1.82) is 0 Å². The highest BCUT2D eigenvalue weighted by Gasteiger charge is 2.09. The summed E-state index contributed by atoms with van der Waals surface area (Å²) in [7, 11) is 1.62. The molecule has 0 aromatic heterocycles. The van der Waals surface area contributed by atoms with Crippen LogP contribution in [0.4, 0.5) is 5.69 Å². The maximum Gasteiger partial charge on any atom is 0.328 e. The van der Waals surface area contributed by atoms with Crippen molar-refractivity contribution in [2.24, 2.45) is 0 Å². The smallest absolute Gasteiger partial charge is 0.328 e. The van der Waals surface area contributed by atoms with Gasteiger partial charge in [0.2, 0.25) is 0 Å². The van der Waals surface area contributed by atoms with Crippen LogP contribution >= 0.6 is 0 Å². The Morgan fingerprint density at radius 1 is 1.26 bits per heavy atom. The van der Waals surface area contributed by atoms with Crippen molar-refractivity contribution < 1.29 is 14.7 Å². The SMILES string of the molecule is CCC(C)c1ccc(N(C)C(=O)/C=C/C(=O)O)cc1. The number of aliphatic carboxylic acids is 1. The van der Waals surface area contributed by atoms with Gasteiger partial charge in [-0.15, -0.1) is 0 Å². The number of hydrogen-bond acceptors (Lipinski definition) is 2. The molecule has 0 saturated carbocycles. The summed E-state index contributed by atoms with van der Waals surface area (Å²) in [5.74, 6) is -1.01. The van der Waals surface area contributed by atoms with E-state index in [1.807, 2.05) is 24.3 Å². The minimum absolute atomic E-state index is 0.362. The highest BCUT2D eigenvalue weighted by molar-refractivity contribution is 6.03. The third-order valence-electron chi connectivity index (χ3n) is 3.16. The molecule has 0 saturated heterocycles. The Bertz CT molecular complexity index is 477. The van der Waals surface area contributed by atoms with Crippen LogP contribution in [0.5, 0.6) is 0 Å². The fourth-order valence-corrected chi connectivity index (χ4v) is 1.64. The average molecular weight is 261 g/mol. The first-order valence-corrected chi connectivity index (χ1v) is 6.24. The Morgan fingerprint density at radius 3 is 2.32 bits per heavy atom. The molecule has 0 aliphatic rings. The average Bonchev–Trinajstić information content (AvgIpc) is 2.43.